The van der Waals surface area contributed by atoms with Gasteiger partial charge in [0.1, 0.15) is 17.4 Å². The second-order valence-corrected chi connectivity index (χ2v) is 6.91. The number of ether oxygens (including phenoxy) is 3. The third-order valence-corrected chi connectivity index (χ3v) is 3.89. The zero-order chi connectivity index (χ0) is 22.0. The number of carbonyl (C=O) groups is 3. The first-order valence-electron chi connectivity index (χ1n) is 9.26. The first-order chi connectivity index (χ1) is 12.9. The topological polar surface area (TPSA) is 82.1 Å². The average Bonchev–Trinajstić information content (AvgIpc) is 2.58. The molecule has 7 heteroatoms. The number of allylic oxidation sites excluding steroid dienone is 1. The number of carbonyl (C=O) groups excluding carboxylic acids is 3. The Morgan fingerprint density at radius 2 is 1.46 bits per heavy atom. The third-order valence-electron chi connectivity index (χ3n) is 3.89. The normalized spacial score (nSPS) is 13.9. The number of nitrogens with zero attached hydrogens (tertiary/aromatic N) is 1. The Morgan fingerprint density at radius 3 is 1.89 bits per heavy atom. The second-order valence-electron chi connectivity index (χ2n) is 6.91. The number of esters is 3. The zero-order valence-corrected chi connectivity index (χ0v) is 18.1. The molecule has 28 heavy (non-hydrogen) atoms. The van der Waals surface area contributed by atoms with E-state index in [0.29, 0.717) is 12.8 Å². The van der Waals surface area contributed by atoms with Crippen molar-refractivity contribution >= 4 is 17.9 Å². The van der Waals surface area contributed by atoms with E-state index < -0.39 is 30.2 Å². The van der Waals surface area contributed by atoms with Crippen LogP contribution in [0.3, 0.4) is 0 Å². The molecule has 0 bridgehead atoms. The molecular formula is C21H33NO6. The smallest absolute Gasteiger partial charge is 0.342 e. The van der Waals surface area contributed by atoms with E-state index in [1.807, 2.05) is 6.92 Å². The van der Waals surface area contributed by atoms with Crippen molar-refractivity contribution in [2.45, 2.75) is 66.2 Å². The molecule has 0 radical (unpaired) electrons. The maximum absolute atomic E-state index is 12.9. The van der Waals surface area contributed by atoms with Crippen molar-refractivity contribution in [2.24, 2.45) is 0 Å². The predicted molar refractivity (Wildman–Crippen MR) is 107 cm³/mol. The van der Waals surface area contributed by atoms with Gasteiger partial charge in [0.15, 0.2) is 6.23 Å². The minimum atomic E-state index is -0.990. The highest BCUT2D eigenvalue weighted by molar-refractivity contribution is 5.93. The van der Waals surface area contributed by atoms with Gasteiger partial charge >= 0.3 is 17.9 Å². The summed E-state index contributed by atoms with van der Waals surface area (Å²) < 4.78 is 16.2. The predicted octanol–water partition coefficient (Wildman–Crippen LogP) is 3.51. The lowest BCUT2D eigenvalue weighted by molar-refractivity contribution is -0.154. The second kappa shape index (κ2) is 12.1. The van der Waals surface area contributed by atoms with Crippen molar-refractivity contribution in [1.82, 2.24) is 4.90 Å². The number of hydrogen-bond donors (Lipinski definition) is 0. The summed E-state index contributed by atoms with van der Waals surface area (Å²) >= 11 is 0. The van der Waals surface area contributed by atoms with Gasteiger partial charge in [0.2, 0.25) is 0 Å². The van der Waals surface area contributed by atoms with Crippen molar-refractivity contribution in [1.29, 1.82) is 0 Å². The summed E-state index contributed by atoms with van der Waals surface area (Å²) in [5.74, 6) is -1.91. The molecule has 0 aromatic heterocycles. The maximum Gasteiger partial charge on any atom is 0.342 e. The largest absolute Gasteiger partial charge is 0.454 e. The molecule has 0 saturated carbocycles. The van der Waals surface area contributed by atoms with Crippen LogP contribution in [0.15, 0.2) is 35.6 Å². The Balaban J connectivity index is 6.10. The average molecular weight is 395 g/mol. The van der Waals surface area contributed by atoms with Gasteiger partial charge in [-0.05, 0) is 48.2 Å². The summed E-state index contributed by atoms with van der Waals surface area (Å²) in [6.07, 6.45) is 0.266. The summed E-state index contributed by atoms with van der Waals surface area (Å²) in [4.78, 5) is 38.6. The lowest BCUT2D eigenvalue weighted by Gasteiger charge is -2.24. The van der Waals surface area contributed by atoms with Gasteiger partial charge in [-0.1, -0.05) is 26.5 Å². The van der Waals surface area contributed by atoms with Gasteiger partial charge in [-0.3, -0.25) is 4.90 Å². The monoisotopic (exact) mass is 395 g/mol. The molecule has 7 nitrogen and oxygen atoms in total. The van der Waals surface area contributed by atoms with Crippen LogP contribution in [0.4, 0.5) is 0 Å². The molecule has 0 aliphatic rings. The van der Waals surface area contributed by atoms with Gasteiger partial charge in [0.25, 0.3) is 0 Å². The molecule has 0 spiro atoms. The van der Waals surface area contributed by atoms with E-state index in [4.69, 9.17) is 14.2 Å². The van der Waals surface area contributed by atoms with E-state index in [2.05, 4.69) is 13.2 Å². The highest BCUT2D eigenvalue weighted by Gasteiger charge is 2.30. The molecule has 0 amide bonds. The fourth-order valence-corrected chi connectivity index (χ4v) is 1.93. The van der Waals surface area contributed by atoms with E-state index in [1.54, 1.807) is 25.9 Å². The number of rotatable bonds is 11. The standard InChI is InChI=1S/C21H33NO6/c1-10-11-12-17(28-20(24)14(4)5)18(15(6)26-19(23)13(2)3)21(25)27-16(7)22(8)9/h15-16H,2,4,10-12H2,1,3,5-9H3/b18-17-. The Bertz CT molecular complexity index is 647. The van der Waals surface area contributed by atoms with Gasteiger partial charge in [0, 0.05) is 17.6 Å². The van der Waals surface area contributed by atoms with E-state index >= 15 is 0 Å². The fourth-order valence-electron chi connectivity index (χ4n) is 1.93. The van der Waals surface area contributed by atoms with Gasteiger partial charge in [0.05, 0.1) is 0 Å². The molecule has 0 aromatic carbocycles. The Hall–Kier alpha value is -2.41. The van der Waals surface area contributed by atoms with Crippen molar-refractivity contribution in [2.75, 3.05) is 14.1 Å². The number of unbranched alkanes of at least 4 members (excludes halogenated alkanes) is 1. The summed E-state index contributed by atoms with van der Waals surface area (Å²) in [5.41, 5.74) is 0.372. The van der Waals surface area contributed by atoms with Crippen LogP contribution < -0.4 is 0 Å². The highest BCUT2D eigenvalue weighted by atomic mass is 16.6. The van der Waals surface area contributed by atoms with Gasteiger partial charge in [-0.15, -0.1) is 0 Å². The molecule has 158 valence electrons. The van der Waals surface area contributed by atoms with E-state index in [1.165, 1.54) is 20.8 Å². The molecular weight excluding hydrogens is 362 g/mol. The van der Waals surface area contributed by atoms with Gasteiger partial charge in [-0.25, -0.2) is 14.4 Å². The SMILES string of the molecule is C=C(C)C(=O)O/C(CCCC)=C(\C(=O)OC(C)N(C)C)C(C)OC(=O)C(=C)C. The minimum absolute atomic E-state index is 0.00801. The van der Waals surface area contributed by atoms with Crippen LogP contribution in [0, 0.1) is 0 Å². The number of hydrogen-bond acceptors (Lipinski definition) is 7. The zero-order valence-electron chi connectivity index (χ0n) is 18.1. The molecule has 2 atom stereocenters. The molecule has 0 saturated heterocycles. The van der Waals surface area contributed by atoms with Crippen molar-refractivity contribution in [3.63, 3.8) is 0 Å². The van der Waals surface area contributed by atoms with Crippen LogP contribution in [-0.4, -0.2) is 49.2 Å². The van der Waals surface area contributed by atoms with Crippen LogP contribution in [0.25, 0.3) is 0 Å². The van der Waals surface area contributed by atoms with E-state index in [0.717, 1.165) is 6.42 Å². The van der Waals surface area contributed by atoms with Crippen LogP contribution in [-0.2, 0) is 28.6 Å². The van der Waals surface area contributed by atoms with Gasteiger partial charge < -0.3 is 14.2 Å². The van der Waals surface area contributed by atoms with Crippen LogP contribution in [0.2, 0.25) is 0 Å². The van der Waals surface area contributed by atoms with E-state index in [9.17, 15) is 14.4 Å². The molecule has 0 aliphatic carbocycles. The Morgan fingerprint density at radius 1 is 0.929 bits per heavy atom. The van der Waals surface area contributed by atoms with Crippen LogP contribution in [0.1, 0.15) is 53.9 Å². The lowest BCUT2D eigenvalue weighted by Crippen LogP contribution is -2.34. The first kappa shape index (κ1) is 25.6. The molecule has 0 fully saturated rings. The van der Waals surface area contributed by atoms with Crippen molar-refractivity contribution in [3.8, 4) is 0 Å². The Kier molecular flexibility index (Phi) is 11.1. The van der Waals surface area contributed by atoms with Crippen LogP contribution in [0.5, 0.6) is 0 Å². The van der Waals surface area contributed by atoms with Crippen molar-refractivity contribution in [3.05, 3.63) is 35.6 Å². The quantitative estimate of drug-likeness (QED) is 0.174. The summed E-state index contributed by atoms with van der Waals surface area (Å²) in [6.45, 7) is 15.3. The molecule has 0 N–H and O–H groups in total. The fraction of sp³-hybridized carbons (Fsp3) is 0.571. The molecule has 2 unspecified atom stereocenters. The van der Waals surface area contributed by atoms with E-state index in [-0.39, 0.29) is 22.5 Å². The van der Waals surface area contributed by atoms with Gasteiger partial charge in [-0.2, -0.15) is 0 Å². The first-order valence-corrected chi connectivity index (χ1v) is 9.26. The summed E-state index contributed by atoms with van der Waals surface area (Å²) in [6, 6.07) is 0. The van der Waals surface area contributed by atoms with Crippen LogP contribution >= 0.6 is 0 Å². The molecule has 0 aromatic rings. The van der Waals surface area contributed by atoms with Crippen molar-refractivity contribution < 1.29 is 28.6 Å². The third kappa shape index (κ3) is 8.52. The molecule has 0 heterocycles. The molecule has 0 rings (SSSR count). The highest BCUT2D eigenvalue weighted by Crippen LogP contribution is 2.23. The summed E-state index contributed by atoms with van der Waals surface area (Å²) in [7, 11) is 3.51. The lowest BCUT2D eigenvalue weighted by atomic mass is 10.1. The maximum atomic E-state index is 12.9. The summed E-state index contributed by atoms with van der Waals surface area (Å²) in [5, 5.41) is 0. The minimum Gasteiger partial charge on any atom is -0.454 e. The molecule has 0 aliphatic heterocycles. The Labute approximate surface area is 168 Å².